The summed E-state index contributed by atoms with van der Waals surface area (Å²) in [5.41, 5.74) is 0.686. The molecule has 2 rings (SSSR count). The van der Waals surface area contributed by atoms with Crippen LogP contribution in [0, 0.1) is 5.92 Å². The van der Waals surface area contributed by atoms with Crippen LogP contribution < -0.4 is 10.9 Å². The van der Waals surface area contributed by atoms with E-state index in [1.165, 1.54) is 22.6 Å². The maximum Gasteiger partial charge on any atom is 0.282 e. The molecule has 2 heterocycles. The van der Waals surface area contributed by atoms with Crippen molar-refractivity contribution in [2.24, 2.45) is 13.0 Å². The molecule has 1 atom stereocenters. The molecule has 0 spiro atoms. The molecule has 0 bridgehead atoms. The second kappa shape index (κ2) is 5.23. The molecule has 4 nitrogen and oxygen atoms in total. The maximum atomic E-state index is 11.6. The third-order valence-electron chi connectivity index (χ3n) is 2.68. The molecule has 0 aliphatic carbocycles. The average Bonchev–Trinajstić information content (AvgIpc) is 2.78. The lowest BCUT2D eigenvalue weighted by Gasteiger charge is -2.12. The molecular weight excluding hydrogens is 290 g/mol. The predicted molar refractivity (Wildman–Crippen MR) is 71.1 cm³/mol. The highest BCUT2D eigenvalue weighted by Crippen LogP contribution is 2.24. The molecule has 88 valence electrons. The van der Waals surface area contributed by atoms with Crippen LogP contribution in [0.4, 0.5) is 5.69 Å². The normalized spacial score (nSPS) is 20.0. The number of thioether (sulfide) groups is 1. The van der Waals surface area contributed by atoms with Crippen LogP contribution in [0.25, 0.3) is 0 Å². The maximum absolute atomic E-state index is 11.6. The number of aryl methyl sites for hydroxylation is 1. The van der Waals surface area contributed by atoms with Gasteiger partial charge in [-0.3, -0.25) is 4.79 Å². The average molecular weight is 304 g/mol. The lowest BCUT2D eigenvalue weighted by atomic mass is 10.1. The summed E-state index contributed by atoms with van der Waals surface area (Å²) in [6, 6.07) is 0. The highest BCUT2D eigenvalue weighted by molar-refractivity contribution is 9.10. The predicted octanol–water partition coefficient (Wildman–Crippen LogP) is 1.71. The van der Waals surface area contributed by atoms with Crippen LogP contribution in [0.3, 0.4) is 0 Å². The number of rotatable bonds is 3. The van der Waals surface area contributed by atoms with Gasteiger partial charge in [-0.25, -0.2) is 4.68 Å². The topological polar surface area (TPSA) is 46.9 Å². The molecular formula is C10H14BrN3OS. The highest BCUT2D eigenvalue weighted by atomic mass is 79.9. The minimum Gasteiger partial charge on any atom is -0.382 e. The largest absolute Gasteiger partial charge is 0.382 e. The Morgan fingerprint density at radius 3 is 3.25 bits per heavy atom. The number of hydrogen-bond donors (Lipinski definition) is 1. The molecule has 0 aromatic carbocycles. The summed E-state index contributed by atoms with van der Waals surface area (Å²) in [6.45, 7) is 0.917. The summed E-state index contributed by atoms with van der Waals surface area (Å²) in [5.74, 6) is 3.17. The lowest BCUT2D eigenvalue weighted by molar-refractivity contribution is 0.629. The molecule has 1 fully saturated rings. The highest BCUT2D eigenvalue weighted by Gasteiger charge is 2.16. The summed E-state index contributed by atoms with van der Waals surface area (Å²) in [4.78, 5) is 11.6. The first kappa shape index (κ1) is 12.0. The van der Waals surface area contributed by atoms with Crippen molar-refractivity contribution < 1.29 is 0 Å². The van der Waals surface area contributed by atoms with Crippen LogP contribution in [0.2, 0.25) is 0 Å². The fourth-order valence-electron chi connectivity index (χ4n) is 1.63. The van der Waals surface area contributed by atoms with Crippen LogP contribution in [-0.2, 0) is 7.05 Å². The van der Waals surface area contributed by atoms with E-state index in [1.54, 1.807) is 13.2 Å². The van der Waals surface area contributed by atoms with E-state index in [9.17, 15) is 4.79 Å². The molecule has 1 aromatic heterocycles. The van der Waals surface area contributed by atoms with E-state index in [-0.39, 0.29) is 5.56 Å². The van der Waals surface area contributed by atoms with Crippen molar-refractivity contribution in [1.29, 1.82) is 0 Å². The van der Waals surface area contributed by atoms with E-state index in [1.807, 2.05) is 11.8 Å². The van der Waals surface area contributed by atoms with Crippen molar-refractivity contribution in [2.75, 3.05) is 23.4 Å². The molecule has 1 unspecified atom stereocenters. The monoisotopic (exact) mass is 303 g/mol. The number of aromatic nitrogens is 2. The molecule has 0 saturated carbocycles. The quantitative estimate of drug-likeness (QED) is 0.923. The number of anilines is 1. The third-order valence-corrected chi connectivity index (χ3v) is 4.68. The van der Waals surface area contributed by atoms with Crippen LogP contribution in [-0.4, -0.2) is 27.8 Å². The van der Waals surface area contributed by atoms with E-state index in [0.29, 0.717) is 10.4 Å². The minimum atomic E-state index is -0.106. The first-order valence-electron chi connectivity index (χ1n) is 5.22. The van der Waals surface area contributed by atoms with Gasteiger partial charge in [0, 0.05) is 13.6 Å². The van der Waals surface area contributed by atoms with E-state index in [4.69, 9.17) is 0 Å². The van der Waals surface area contributed by atoms with Gasteiger partial charge in [-0.1, -0.05) is 0 Å². The Morgan fingerprint density at radius 1 is 1.75 bits per heavy atom. The second-order valence-electron chi connectivity index (χ2n) is 3.91. The zero-order valence-corrected chi connectivity index (χ0v) is 11.5. The Morgan fingerprint density at radius 2 is 2.56 bits per heavy atom. The molecule has 0 radical (unpaired) electrons. The smallest absolute Gasteiger partial charge is 0.282 e. The Kier molecular flexibility index (Phi) is 3.91. The van der Waals surface area contributed by atoms with E-state index < -0.39 is 0 Å². The number of nitrogens with zero attached hydrogens (tertiary/aromatic N) is 2. The van der Waals surface area contributed by atoms with Gasteiger partial charge < -0.3 is 5.32 Å². The number of halogens is 1. The standard InChI is InChI=1S/C10H14BrN3OS/c1-14-10(15)9(11)8(5-13-14)12-4-7-2-3-16-6-7/h5,7,12H,2-4,6H2,1H3. The van der Waals surface area contributed by atoms with E-state index >= 15 is 0 Å². The van der Waals surface area contributed by atoms with Crippen molar-refractivity contribution in [1.82, 2.24) is 9.78 Å². The van der Waals surface area contributed by atoms with Gasteiger partial charge in [0.25, 0.3) is 5.56 Å². The van der Waals surface area contributed by atoms with Gasteiger partial charge in [-0.15, -0.1) is 0 Å². The van der Waals surface area contributed by atoms with Crippen molar-refractivity contribution in [3.63, 3.8) is 0 Å². The zero-order valence-electron chi connectivity index (χ0n) is 9.07. The molecule has 1 aliphatic heterocycles. The fourth-order valence-corrected chi connectivity index (χ4v) is 3.42. The van der Waals surface area contributed by atoms with Crippen LogP contribution in [0.5, 0.6) is 0 Å². The number of hydrogen-bond acceptors (Lipinski definition) is 4. The first-order chi connectivity index (χ1) is 7.68. The Hall–Kier alpha value is -0.490. The van der Waals surface area contributed by atoms with Gasteiger partial charge in [-0.2, -0.15) is 16.9 Å². The summed E-state index contributed by atoms with van der Waals surface area (Å²) < 4.78 is 1.89. The van der Waals surface area contributed by atoms with E-state index in [2.05, 4.69) is 26.3 Å². The molecule has 6 heteroatoms. The third kappa shape index (κ3) is 2.60. The summed E-state index contributed by atoms with van der Waals surface area (Å²) in [5, 5.41) is 7.28. The lowest BCUT2D eigenvalue weighted by Crippen LogP contribution is -2.22. The van der Waals surface area contributed by atoms with Gasteiger partial charge in [-0.05, 0) is 39.8 Å². The molecule has 1 N–H and O–H groups in total. The summed E-state index contributed by atoms with van der Waals surface area (Å²) in [6.07, 6.45) is 2.95. The Labute approximate surface area is 107 Å². The van der Waals surface area contributed by atoms with Crippen molar-refractivity contribution in [3.8, 4) is 0 Å². The SMILES string of the molecule is Cn1ncc(NCC2CCSC2)c(Br)c1=O. The van der Waals surface area contributed by atoms with Crippen LogP contribution in [0.1, 0.15) is 6.42 Å². The second-order valence-corrected chi connectivity index (χ2v) is 5.85. The number of nitrogens with one attached hydrogen (secondary N) is 1. The van der Waals surface area contributed by atoms with Gasteiger partial charge in [0.05, 0.1) is 11.9 Å². The van der Waals surface area contributed by atoms with Crippen molar-refractivity contribution in [2.45, 2.75) is 6.42 Å². The van der Waals surface area contributed by atoms with Gasteiger partial charge in [0.1, 0.15) is 4.47 Å². The Bertz CT molecular complexity index is 429. The summed E-state index contributed by atoms with van der Waals surface area (Å²) in [7, 11) is 1.64. The molecule has 16 heavy (non-hydrogen) atoms. The fraction of sp³-hybridized carbons (Fsp3) is 0.600. The van der Waals surface area contributed by atoms with Crippen molar-refractivity contribution in [3.05, 3.63) is 21.0 Å². The zero-order chi connectivity index (χ0) is 11.5. The summed E-state index contributed by atoms with van der Waals surface area (Å²) >= 11 is 5.29. The molecule has 1 aromatic rings. The van der Waals surface area contributed by atoms with Crippen molar-refractivity contribution >= 4 is 33.4 Å². The van der Waals surface area contributed by atoms with Gasteiger partial charge in [0.15, 0.2) is 0 Å². The molecule has 0 amide bonds. The van der Waals surface area contributed by atoms with Gasteiger partial charge in [0.2, 0.25) is 0 Å². The Balaban J connectivity index is 2.04. The van der Waals surface area contributed by atoms with E-state index in [0.717, 1.165) is 12.2 Å². The van der Waals surface area contributed by atoms with Crippen LogP contribution in [0.15, 0.2) is 15.5 Å². The molecule has 1 saturated heterocycles. The van der Waals surface area contributed by atoms with Gasteiger partial charge >= 0.3 is 0 Å². The minimum absolute atomic E-state index is 0.106. The first-order valence-corrected chi connectivity index (χ1v) is 7.16. The van der Waals surface area contributed by atoms with Crippen LogP contribution >= 0.6 is 27.7 Å². The molecule has 1 aliphatic rings.